The third kappa shape index (κ3) is 6.69. The number of hydrogen-bond acceptors (Lipinski definition) is 3. The van der Waals surface area contributed by atoms with Crippen molar-refractivity contribution in [3.8, 4) is 17.2 Å². The monoisotopic (exact) mass is 400 g/mol. The third-order valence-electron chi connectivity index (χ3n) is 4.88. The summed E-state index contributed by atoms with van der Waals surface area (Å²) in [5, 5.41) is 20.0. The SMILES string of the molecule is COc1ccc(O)c(C(C)(C)C)c1.Cc1cc(C(C)(C)C)c(O)c(C(C)(C)C)c1. The Labute approximate surface area is 177 Å². The van der Waals surface area contributed by atoms with Gasteiger partial charge < -0.3 is 14.9 Å². The van der Waals surface area contributed by atoms with Gasteiger partial charge in [0.2, 0.25) is 0 Å². The number of phenols is 2. The number of phenolic OH excluding ortho intramolecular Hbond substituents is 2. The molecule has 2 aromatic carbocycles. The third-order valence-corrected chi connectivity index (χ3v) is 4.88. The van der Waals surface area contributed by atoms with Crippen molar-refractivity contribution in [3.05, 3.63) is 52.6 Å². The quantitative estimate of drug-likeness (QED) is 0.542. The molecule has 29 heavy (non-hydrogen) atoms. The van der Waals surface area contributed by atoms with E-state index in [0.717, 1.165) is 22.4 Å². The van der Waals surface area contributed by atoms with E-state index in [4.69, 9.17) is 4.74 Å². The van der Waals surface area contributed by atoms with Gasteiger partial charge in [-0.2, -0.15) is 0 Å². The molecule has 162 valence electrons. The lowest BCUT2D eigenvalue weighted by atomic mass is 9.78. The van der Waals surface area contributed by atoms with E-state index in [0.29, 0.717) is 11.5 Å². The molecule has 0 fully saturated rings. The van der Waals surface area contributed by atoms with Gasteiger partial charge in [-0.1, -0.05) is 80.0 Å². The van der Waals surface area contributed by atoms with Gasteiger partial charge in [0.25, 0.3) is 0 Å². The number of ether oxygens (including phenoxy) is 1. The lowest BCUT2D eigenvalue weighted by molar-refractivity contribution is 0.405. The summed E-state index contributed by atoms with van der Waals surface area (Å²) in [6.07, 6.45) is 0. The number of aromatic hydroxyl groups is 2. The summed E-state index contributed by atoms with van der Waals surface area (Å²) in [5.41, 5.74) is 4.11. The molecule has 0 atom stereocenters. The molecule has 3 nitrogen and oxygen atoms in total. The van der Waals surface area contributed by atoms with Crippen molar-refractivity contribution in [1.82, 2.24) is 0 Å². The molecule has 2 N–H and O–H groups in total. The Morgan fingerprint density at radius 3 is 1.41 bits per heavy atom. The molecule has 0 unspecified atom stereocenters. The standard InChI is InChI=1S/C15H24O.C11H16O2/c1-10-8-11(14(2,3)4)13(16)12(9-10)15(5,6)7;1-11(2,3)9-7-8(13-4)5-6-10(9)12/h8-9,16H,1-7H3;5-7,12H,1-4H3. The molecule has 0 radical (unpaired) electrons. The van der Waals surface area contributed by atoms with E-state index >= 15 is 0 Å². The van der Waals surface area contributed by atoms with Crippen LogP contribution in [-0.4, -0.2) is 17.3 Å². The Bertz CT molecular complexity index is 793. The Morgan fingerprint density at radius 1 is 0.655 bits per heavy atom. The van der Waals surface area contributed by atoms with Gasteiger partial charge in [0.1, 0.15) is 17.2 Å². The summed E-state index contributed by atoms with van der Waals surface area (Å²) in [6.45, 7) is 21.1. The van der Waals surface area contributed by atoms with Crippen molar-refractivity contribution >= 4 is 0 Å². The summed E-state index contributed by atoms with van der Waals surface area (Å²) in [5.74, 6) is 1.57. The molecule has 0 aliphatic carbocycles. The van der Waals surface area contributed by atoms with Crippen LogP contribution in [0.5, 0.6) is 17.2 Å². The highest BCUT2D eigenvalue weighted by Gasteiger charge is 2.25. The molecular weight excluding hydrogens is 360 g/mol. The maximum absolute atomic E-state index is 10.4. The van der Waals surface area contributed by atoms with Crippen molar-refractivity contribution < 1.29 is 14.9 Å². The molecule has 0 saturated heterocycles. The van der Waals surface area contributed by atoms with Gasteiger partial charge in [-0.15, -0.1) is 0 Å². The predicted octanol–water partition coefficient (Wildman–Crippen LogP) is 6.99. The first-order valence-electron chi connectivity index (χ1n) is 10.2. The highest BCUT2D eigenvalue weighted by molar-refractivity contribution is 5.49. The Hall–Kier alpha value is -2.16. The van der Waals surface area contributed by atoms with E-state index in [1.54, 1.807) is 19.2 Å². The molecule has 2 rings (SSSR count). The average Bonchev–Trinajstić information content (AvgIpc) is 2.54. The summed E-state index contributed by atoms with van der Waals surface area (Å²) in [6, 6.07) is 9.47. The zero-order valence-corrected chi connectivity index (χ0v) is 20.2. The van der Waals surface area contributed by atoms with Crippen LogP contribution in [0.15, 0.2) is 30.3 Å². The maximum Gasteiger partial charge on any atom is 0.123 e. The van der Waals surface area contributed by atoms with Crippen molar-refractivity contribution in [2.24, 2.45) is 0 Å². The Morgan fingerprint density at radius 2 is 1.07 bits per heavy atom. The van der Waals surface area contributed by atoms with Gasteiger partial charge in [-0.25, -0.2) is 0 Å². The molecule has 3 heteroatoms. The molecule has 0 aliphatic rings. The second kappa shape index (κ2) is 8.69. The number of hydrogen-bond donors (Lipinski definition) is 2. The molecule has 0 aliphatic heterocycles. The fourth-order valence-electron chi connectivity index (χ4n) is 3.17. The van der Waals surface area contributed by atoms with Crippen LogP contribution in [0.4, 0.5) is 0 Å². The lowest BCUT2D eigenvalue weighted by Crippen LogP contribution is -2.17. The molecule has 0 aromatic heterocycles. The second-order valence-electron chi connectivity index (χ2n) is 10.8. The van der Waals surface area contributed by atoms with Gasteiger partial charge >= 0.3 is 0 Å². The highest BCUT2D eigenvalue weighted by atomic mass is 16.5. The van der Waals surface area contributed by atoms with Gasteiger partial charge in [-0.3, -0.25) is 0 Å². The van der Waals surface area contributed by atoms with E-state index in [2.05, 4.69) is 81.4 Å². The largest absolute Gasteiger partial charge is 0.508 e. The summed E-state index contributed by atoms with van der Waals surface area (Å²) < 4.78 is 5.09. The maximum atomic E-state index is 10.4. The Balaban J connectivity index is 0.000000296. The molecule has 0 bridgehead atoms. The minimum absolute atomic E-state index is 0.0178. The number of rotatable bonds is 1. The van der Waals surface area contributed by atoms with E-state index < -0.39 is 0 Å². The first-order valence-corrected chi connectivity index (χ1v) is 10.2. The van der Waals surface area contributed by atoms with E-state index in [-0.39, 0.29) is 16.2 Å². The van der Waals surface area contributed by atoms with Crippen LogP contribution in [0, 0.1) is 6.92 Å². The Kier molecular flexibility index (Phi) is 7.45. The molecule has 0 spiro atoms. The number of methoxy groups -OCH3 is 1. The number of benzene rings is 2. The fraction of sp³-hybridized carbons (Fsp3) is 0.538. The number of aryl methyl sites for hydroxylation is 1. The minimum atomic E-state index is -0.0569. The first kappa shape index (κ1) is 24.9. The zero-order chi connectivity index (χ0) is 22.8. The van der Waals surface area contributed by atoms with Crippen molar-refractivity contribution in [2.75, 3.05) is 7.11 Å². The molecule has 0 amide bonds. The highest BCUT2D eigenvalue weighted by Crippen LogP contribution is 2.39. The van der Waals surface area contributed by atoms with Crippen LogP contribution in [0.25, 0.3) is 0 Å². The minimum Gasteiger partial charge on any atom is -0.508 e. The first-order chi connectivity index (χ1) is 13.0. The average molecular weight is 401 g/mol. The zero-order valence-electron chi connectivity index (χ0n) is 20.2. The fourth-order valence-corrected chi connectivity index (χ4v) is 3.17. The molecule has 2 aromatic rings. The van der Waals surface area contributed by atoms with Crippen molar-refractivity contribution in [3.63, 3.8) is 0 Å². The van der Waals surface area contributed by atoms with E-state index in [1.165, 1.54) is 5.56 Å². The smallest absolute Gasteiger partial charge is 0.123 e. The normalized spacial score (nSPS) is 12.2. The summed E-state index contributed by atoms with van der Waals surface area (Å²) >= 11 is 0. The van der Waals surface area contributed by atoms with Crippen molar-refractivity contribution in [2.45, 2.75) is 85.5 Å². The van der Waals surface area contributed by atoms with Crippen LogP contribution in [0.3, 0.4) is 0 Å². The van der Waals surface area contributed by atoms with Crippen molar-refractivity contribution in [1.29, 1.82) is 0 Å². The summed E-state index contributed by atoms with van der Waals surface area (Å²) in [7, 11) is 1.62. The van der Waals surface area contributed by atoms with Gasteiger partial charge in [-0.05, 0) is 52.5 Å². The van der Waals surface area contributed by atoms with Crippen LogP contribution >= 0.6 is 0 Å². The predicted molar refractivity (Wildman–Crippen MR) is 124 cm³/mol. The van der Waals surface area contributed by atoms with Gasteiger partial charge in [0.05, 0.1) is 7.11 Å². The molecule has 0 saturated carbocycles. The van der Waals surface area contributed by atoms with Gasteiger partial charge in [0, 0.05) is 5.56 Å². The molecule has 0 heterocycles. The van der Waals surface area contributed by atoms with E-state index in [9.17, 15) is 10.2 Å². The topological polar surface area (TPSA) is 49.7 Å². The van der Waals surface area contributed by atoms with E-state index in [1.807, 2.05) is 6.07 Å². The van der Waals surface area contributed by atoms with Crippen LogP contribution in [0.2, 0.25) is 0 Å². The van der Waals surface area contributed by atoms with Crippen LogP contribution in [-0.2, 0) is 16.2 Å². The second-order valence-corrected chi connectivity index (χ2v) is 10.8. The van der Waals surface area contributed by atoms with Crippen LogP contribution < -0.4 is 4.74 Å². The lowest BCUT2D eigenvalue weighted by Gasteiger charge is -2.27. The van der Waals surface area contributed by atoms with Crippen LogP contribution in [0.1, 0.15) is 84.6 Å². The van der Waals surface area contributed by atoms with Gasteiger partial charge in [0.15, 0.2) is 0 Å². The molecular formula is C26H40O3. The summed E-state index contributed by atoms with van der Waals surface area (Å²) in [4.78, 5) is 0.